The molecular weight excluding hydrogens is 242 g/mol. The molecule has 3 N–H and O–H groups in total. The summed E-state index contributed by atoms with van der Waals surface area (Å²) in [5, 5.41) is 12.0. The molecule has 5 nitrogen and oxygen atoms in total. The van der Waals surface area contributed by atoms with Crippen molar-refractivity contribution >= 4 is 5.91 Å². The Labute approximate surface area is 113 Å². The molecule has 19 heavy (non-hydrogen) atoms. The number of piperazine rings is 1. The maximum absolute atomic E-state index is 11.2. The largest absolute Gasteiger partial charge is 0.314 e. The van der Waals surface area contributed by atoms with Crippen molar-refractivity contribution in [3.63, 3.8) is 0 Å². The van der Waals surface area contributed by atoms with Crippen molar-refractivity contribution in [2.75, 3.05) is 13.1 Å². The van der Waals surface area contributed by atoms with Crippen molar-refractivity contribution in [1.29, 1.82) is 0 Å². The Morgan fingerprint density at radius 3 is 2.42 bits per heavy atom. The third kappa shape index (κ3) is 3.32. The van der Waals surface area contributed by atoms with Gasteiger partial charge in [-0.3, -0.25) is 14.9 Å². The van der Waals surface area contributed by atoms with Crippen LogP contribution in [0, 0.1) is 0 Å². The molecule has 0 spiro atoms. The van der Waals surface area contributed by atoms with Crippen LogP contribution in [0.2, 0.25) is 0 Å². The highest BCUT2D eigenvalue weighted by atomic mass is 16.5. The molecule has 1 saturated heterocycles. The Bertz CT molecular complexity index is 423. The summed E-state index contributed by atoms with van der Waals surface area (Å²) < 4.78 is 0. The lowest BCUT2D eigenvalue weighted by Crippen LogP contribution is -2.54. The average Bonchev–Trinajstić information content (AvgIpc) is 2.43. The summed E-state index contributed by atoms with van der Waals surface area (Å²) in [6, 6.07) is 8.35. The molecule has 5 heteroatoms. The van der Waals surface area contributed by atoms with E-state index < -0.39 is 5.91 Å². The summed E-state index contributed by atoms with van der Waals surface area (Å²) >= 11 is 0. The molecule has 1 aromatic rings. The second kappa shape index (κ2) is 6.14. The summed E-state index contributed by atoms with van der Waals surface area (Å²) in [4.78, 5) is 13.7. The molecule has 2 rings (SSSR count). The molecule has 0 aliphatic carbocycles. The number of carbonyl (C=O) groups is 1. The van der Waals surface area contributed by atoms with E-state index in [1.165, 1.54) is 5.56 Å². The Hall–Kier alpha value is -1.43. The maximum Gasteiger partial charge on any atom is 0.274 e. The number of nitrogens with zero attached hydrogens (tertiary/aromatic N) is 1. The van der Waals surface area contributed by atoms with Crippen LogP contribution in [0.1, 0.15) is 29.8 Å². The Kier molecular flexibility index (Phi) is 4.52. The van der Waals surface area contributed by atoms with Gasteiger partial charge in [0.1, 0.15) is 0 Å². The maximum atomic E-state index is 11.2. The van der Waals surface area contributed by atoms with E-state index in [0.717, 1.165) is 19.6 Å². The van der Waals surface area contributed by atoms with Gasteiger partial charge in [-0.2, -0.15) is 0 Å². The molecule has 0 saturated carbocycles. The normalized spacial score (nSPS) is 24.2. The lowest BCUT2D eigenvalue weighted by Gasteiger charge is -2.39. The van der Waals surface area contributed by atoms with Crippen molar-refractivity contribution < 1.29 is 10.0 Å². The van der Waals surface area contributed by atoms with Crippen LogP contribution in [0.5, 0.6) is 0 Å². The zero-order valence-corrected chi connectivity index (χ0v) is 11.4. The predicted octanol–water partition coefficient (Wildman–Crippen LogP) is 0.988. The number of hydroxylamine groups is 1. The highest BCUT2D eigenvalue weighted by Crippen LogP contribution is 2.15. The number of hydrogen-bond donors (Lipinski definition) is 3. The highest BCUT2D eigenvalue weighted by molar-refractivity contribution is 5.93. The second-order valence-electron chi connectivity index (χ2n) is 5.17. The first-order chi connectivity index (χ1) is 9.11. The summed E-state index contributed by atoms with van der Waals surface area (Å²) in [5.74, 6) is -0.476. The predicted molar refractivity (Wildman–Crippen MR) is 73.0 cm³/mol. The quantitative estimate of drug-likeness (QED) is 0.562. The first kappa shape index (κ1) is 14.0. The Morgan fingerprint density at radius 2 is 1.89 bits per heavy atom. The second-order valence-corrected chi connectivity index (χ2v) is 5.17. The lowest BCUT2D eigenvalue weighted by atomic mass is 10.1. The first-order valence-electron chi connectivity index (χ1n) is 6.61. The molecule has 0 unspecified atom stereocenters. The van der Waals surface area contributed by atoms with Crippen LogP contribution in [0.15, 0.2) is 24.3 Å². The van der Waals surface area contributed by atoms with Crippen molar-refractivity contribution in [1.82, 2.24) is 15.7 Å². The molecule has 104 valence electrons. The molecule has 1 fully saturated rings. The Balaban J connectivity index is 2.04. The summed E-state index contributed by atoms with van der Waals surface area (Å²) in [7, 11) is 0. The molecule has 0 radical (unpaired) electrons. The first-order valence-corrected chi connectivity index (χ1v) is 6.61. The van der Waals surface area contributed by atoms with Crippen molar-refractivity contribution in [2.24, 2.45) is 0 Å². The molecule has 2 atom stereocenters. The van der Waals surface area contributed by atoms with Gasteiger partial charge in [0, 0.05) is 37.3 Å². The SMILES string of the molecule is C[C@@H]1CNC[C@H](C)N1Cc1ccc(C(=O)NO)cc1. The average molecular weight is 263 g/mol. The van der Waals surface area contributed by atoms with Crippen LogP contribution in [0.25, 0.3) is 0 Å². The van der Waals surface area contributed by atoms with Gasteiger partial charge in [-0.1, -0.05) is 12.1 Å². The number of nitrogens with one attached hydrogen (secondary N) is 2. The fourth-order valence-corrected chi connectivity index (χ4v) is 2.52. The van der Waals surface area contributed by atoms with Crippen LogP contribution < -0.4 is 10.8 Å². The third-order valence-corrected chi connectivity index (χ3v) is 3.69. The summed E-state index contributed by atoms with van der Waals surface area (Å²) in [6.07, 6.45) is 0. The third-order valence-electron chi connectivity index (χ3n) is 3.69. The van der Waals surface area contributed by atoms with Crippen LogP contribution in [-0.2, 0) is 6.54 Å². The van der Waals surface area contributed by atoms with Gasteiger partial charge in [-0.25, -0.2) is 5.48 Å². The number of rotatable bonds is 3. The van der Waals surface area contributed by atoms with Crippen LogP contribution in [0.3, 0.4) is 0 Å². The van der Waals surface area contributed by atoms with Gasteiger partial charge in [0.15, 0.2) is 0 Å². The van der Waals surface area contributed by atoms with E-state index in [9.17, 15) is 4.79 Å². The zero-order chi connectivity index (χ0) is 13.8. The van der Waals surface area contributed by atoms with Gasteiger partial charge in [0.2, 0.25) is 0 Å². The minimum Gasteiger partial charge on any atom is -0.314 e. The minimum atomic E-state index is -0.476. The van der Waals surface area contributed by atoms with Crippen molar-refractivity contribution in [3.05, 3.63) is 35.4 Å². The standard InChI is InChI=1S/C14H21N3O2/c1-10-7-15-8-11(2)17(10)9-12-3-5-13(6-4-12)14(18)16-19/h3-6,10-11,15,19H,7-9H2,1-2H3,(H,16,18)/t10-,11+. The summed E-state index contributed by atoms with van der Waals surface area (Å²) in [5.41, 5.74) is 3.28. The smallest absolute Gasteiger partial charge is 0.274 e. The van der Waals surface area contributed by atoms with E-state index in [2.05, 4.69) is 24.1 Å². The molecule has 1 heterocycles. The van der Waals surface area contributed by atoms with Crippen molar-refractivity contribution in [3.8, 4) is 0 Å². The highest BCUT2D eigenvalue weighted by Gasteiger charge is 2.24. The summed E-state index contributed by atoms with van der Waals surface area (Å²) in [6.45, 7) is 7.34. The number of carbonyl (C=O) groups excluding carboxylic acids is 1. The van der Waals surface area contributed by atoms with Crippen LogP contribution in [0.4, 0.5) is 0 Å². The molecule has 1 aliphatic rings. The van der Waals surface area contributed by atoms with Gasteiger partial charge >= 0.3 is 0 Å². The van der Waals surface area contributed by atoms with Crippen molar-refractivity contribution in [2.45, 2.75) is 32.5 Å². The number of amides is 1. The van der Waals surface area contributed by atoms with E-state index >= 15 is 0 Å². The molecule has 1 aromatic carbocycles. The molecule has 0 aromatic heterocycles. The topological polar surface area (TPSA) is 64.6 Å². The van der Waals surface area contributed by atoms with E-state index in [-0.39, 0.29) is 0 Å². The molecular formula is C14H21N3O2. The monoisotopic (exact) mass is 263 g/mol. The van der Waals surface area contributed by atoms with Gasteiger partial charge in [-0.05, 0) is 31.5 Å². The number of hydrogen-bond acceptors (Lipinski definition) is 4. The van der Waals surface area contributed by atoms with Gasteiger partial charge in [-0.15, -0.1) is 0 Å². The number of benzene rings is 1. The van der Waals surface area contributed by atoms with E-state index in [1.54, 1.807) is 17.6 Å². The Morgan fingerprint density at radius 1 is 1.32 bits per heavy atom. The van der Waals surface area contributed by atoms with E-state index in [1.807, 2.05) is 12.1 Å². The van der Waals surface area contributed by atoms with Gasteiger partial charge < -0.3 is 5.32 Å². The van der Waals surface area contributed by atoms with E-state index in [4.69, 9.17) is 5.21 Å². The molecule has 1 aliphatic heterocycles. The zero-order valence-electron chi connectivity index (χ0n) is 11.4. The molecule has 1 amide bonds. The fraction of sp³-hybridized carbons (Fsp3) is 0.500. The lowest BCUT2D eigenvalue weighted by molar-refractivity contribution is 0.0706. The van der Waals surface area contributed by atoms with Gasteiger partial charge in [0.25, 0.3) is 5.91 Å². The van der Waals surface area contributed by atoms with Crippen LogP contribution >= 0.6 is 0 Å². The van der Waals surface area contributed by atoms with Gasteiger partial charge in [0.05, 0.1) is 0 Å². The van der Waals surface area contributed by atoms with Crippen LogP contribution in [-0.4, -0.2) is 41.2 Å². The minimum absolute atomic E-state index is 0.465. The van der Waals surface area contributed by atoms with E-state index in [0.29, 0.717) is 17.6 Å². The molecule has 0 bridgehead atoms. The fourth-order valence-electron chi connectivity index (χ4n) is 2.52.